The molecule has 0 unspecified atom stereocenters. The Bertz CT molecular complexity index is 1070. The largest absolute Gasteiger partial charge is 0.407 e. The van der Waals surface area contributed by atoms with Gasteiger partial charge >= 0.3 is 0 Å². The summed E-state index contributed by atoms with van der Waals surface area (Å²) in [6.45, 7) is 19.7. The molecule has 1 aliphatic heterocycles. The summed E-state index contributed by atoms with van der Waals surface area (Å²) in [6, 6.07) is 20.2. The van der Waals surface area contributed by atoms with Crippen LogP contribution in [0.2, 0.25) is 23.2 Å². The fourth-order valence-electron chi connectivity index (χ4n) is 5.59. The minimum Gasteiger partial charge on any atom is -0.407 e. The average Bonchev–Trinajstić information content (AvgIpc) is 2.85. The maximum absolute atomic E-state index is 13.5. The lowest BCUT2D eigenvalue weighted by Crippen LogP contribution is -2.80. The zero-order valence-corrected chi connectivity index (χ0v) is 26.5. The first-order valence-electron chi connectivity index (χ1n) is 13.6. The van der Waals surface area contributed by atoms with Crippen LogP contribution in [0.4, 0.5) is 0 Å². The third-order valence-electron chi connectivity index (χ3n) is 8.60. The fraction of sp³-hybridized carbons (Fsp3) is 0.533. The summed E-state index contributed by atoms with van der Waals surface area (Å²) in [5.41, 5.74) is 0. The van der Waals surface area contributed by atoms with Crippen molar-refractivity contribution < 1.29 is 19.1 Å². The first kappa shape index (κ1) is 30.3. The molecule has 1 heterocycles. The predicted octanol–water partition coefficient (Wildman–Crippen LogP) is 3.89. The summed E-state index contributed by atoms with van der Waals surface area (Å²) in [5.74, 6) is -0.614. The molecule has 0 bridgehead atoms. The Hall–Kier alpha value is -2.27. The van der Waals surface area contributed by atoms with Crippen molar-refractivity contribution in [3.63, 3.8) is 0 Å². The molecule has 2 aromatic carbocycles. The van der Waals surface area contributed by atoms with Crippen molar-refractivity contribution >= 4 is 38.7 Å². The topological polar surface area (TPSA) is 78.9 Å². The van der Waals surface area contributed by atoms with Gasteiger partial charge in [-0.2, -0.15) is 0 Å². The molecule has 6 nitrogen and oxygen atoms in total. The molecule has 3 atom stereocenters. The van der Waals surface area contributed by atoms with E-state index < -0.39 is 35.1 Å². The second-order valence-corrected chi connectivity index (χ2v) is 22.6. The third kappa shape index (κ3) is 5.41. The Kier molecular flexibility index (Phi) is 8.83. The highest BCUT2D eigenvalue weighted by atomic mass is 28.4. The molecule has 0 aromatic heterocycles. The van der Waals surface area contributed by atoms with E-state index >= 15 is 0 Å². The quantitative estimate of drug-likeness (QED) is 0.364. The molecule has 0 spiro atoms. The molecule has 3 rings (SSSR count). The van der Waals surface area contributed by atoms with E-state index in [2.05, 4.69) is 120 Å². The molecule has 0 saturated carbocycles. The van der Waals surface area contributed by atoms with Crippen molar-refractivity contribution in [1.82, 2.24) is 9.88 Å². The van der Waals surface area contributed by atoms with Gasteiger partial charge in [0.05, 0.1) is 6.04 Å². The number of benzene rings is 2. The SMILES string of the molecule is C[C@H](CO[Si](c1ccccc1)(c1ccccc1)C(C)(C)C)[C@@H]1[C@H](NC(=O)CO)C(=O)N1[Si](C)(C)C(C)(C)C. The van der Waals surface area contributed by atoms with Crippen LogP contribution in [0.1, 0.15) is 48.5 Å². The van der Waals surface area contributed by atoms with E-state index in [-0.39, 0.29) is 27.9 Å². The molecule has 2 aromatic rings. The molecule has 2 N–H and O–H groups in total. The summed E-state index contributed by atoms with van der Waals surface area (Å²) in [6.07, 6.45) is 0. The van der Waals surface area contributed by atoms with Gasteiger partial charge in [0.15, 0.2) is 8.24 Å². The van der Waals surface area contributed by atoms with Crippen LogP contribution in [0.25, 0.3) is 0 Å². The number of carbonyl (C=O) groups excluding carboxylic acids is 2. The highest BCUT2D eigenvalue weighted by molar-refractivity contribution is 6.99. The molecule has 1 fully saturated rings. The lowest BCUT2D eigenvalue weighted by atomic mass is 9.88. The normalized spacial score (nSPS) is 19.6. The second kappa shape index (κ2) is 11.1. The van der Waals surface area contributed by atoms with Gasteiger partial charge in [0.2, 0.25) is 11.8 Å². The van der Waals surface area contributed by atoms with Gasteiger partial charge in [0.25, 0.3) is 8.32 Å². The van der Waals surface area contributed by atoms with Gasteiger partial charge in [-0.15, -0.1) is 0 Å². The lowest BCUT2D eigenvalue weighted by molar-refractivity contribution is -0.150. The van der Waals surface area contributed by atoms with E-state index in [1.54, 1.807) is 0 Å². The van der Waals surface area contributed by atoms with Gasteiger partial charge in [-0.1, -0.05) is 122 Å². The first-order chi connectivity index (χ1) is 17.6. The van der Waals surface area contributed by atoms with Crippen molar-refractivity contribution in [2.45, 2.75) is 83.7 Å². The average molecular weight is 555 g/mol. The van der Waals surface area contributed by atoms with Gasteiger partial charge in [-0.05, 0) is 20.4 Å². The number of rotatable bonds is 9. The molecule has 8 heteroatoms. The van der Waals surface area contributed by atoms with E-state index in [1.165, 1.54) is 10.4 Å². The Balaban J connectivity index is 2.03. The molecule has 0 aliphatic carbocycles. The Morgan fingerprint density at radius 1 is 0.947 bits per heavy atom. The Labute approximate surface area is 231 Å². The smallest absolute Gasteiger partial charge is 0.261 e. The molecular weight excluding hydrogens is 509 g/mol. The maximum atomic E-state index is 13.5. The van der Waals surface area contributed by atoms with E-state index in [4.69, 9.17) is 4.43 Å². The highest BCUT2D eigenvalue weighted by Crippen LogP contribution is 2.45. The zero-order chi connectivity index (χ0) is 28.5. The number of hydrogen-bond acceptors (Lipinski definition) is 4. The van der Waals surface area contributed by atoms with Gasteiger partial charge in [-0.3, -0.25) is 9.59 Å². The second-order valence-electron chi connectivity index (χ2n) is 13.2. The fourth-order valence-corrected chi connectivity index (χ4v) is 12.8. The summed E-state index contributed by atoms with van der Waals surface area (Å²) in [4.78, 5) is 25.6. The highest BCUT2D eigenvalue weighted by Gasteiger charge is 2.59. The summed E-state index contributed by atoms with van der Waals surface area (Å²) in [5, 5.41) is 14.4. The Morgan fingerprint density at radius 2 is 1.42 bits per heavy atom. The van der Waals surface area contributed by atoms with Gasteiger partial charge < -0.3 is 19.4 Å². The maximum Gasteiger partial charge on any atom is 0.261 e. The van der Waals surface area contributed by atoms with Crippen molar-refractivity contribution in [3.05, 3.63) is 60.7 Å². The minimum atomic E-state index is -2.75. The number of aliphatic hydroxyl groups is 1. The van der Waals surface area contributed by atoms with Crippen LogP contribution in [-0.4, -0.2) is 63.3 Å². The number of aliphatic hydroxyl groups excluding tert-OH is 1. The first-order valence-corrected chi connectivity index (χ1v) is 18.4. The summed E-state index contributed by atoms with van der Waals surface area (Å²) >= 11 is 0. The summed E-state index contributed by atoms with van der Waals surface area (Å²) < 4.78 is 9.26. The van der Waals surface area contributed by atoms with E-state index in [0.717, 1.165) is 0 Å². The van der Waals surface area contributed by atoms with Crippen LogP contribution >= 0.6 is 0 Å². The molecular formula is C30H46N2O4Si2. The number of nitrogens with one attached hydrogen (secondary N) is 1. The minimum absolute atomic E-state index is 0.0348. The van der Waals surface area contributed by atoms with E-state index in [1.807, 2.05) is 12.1 Å². The molecule has 2 amide bonds. The standard InChI is InChI=1S/C30H46N2O4Si2/c1-22(27-26(31-25(34)20-33)28(35)32(27)37(8,9)29(2,3)4)21-36-38(30(5,6)7,23-16-12-10-13-17-23)24-18-14-11-15-19-24/h10-19,22,26-27,33H,20-21H2,1-9H3,(H,31,34)/t22-,26+,27-/m1/s1. The molecule has 1 aliphatic rings. The van der Waals surface area contributed by atoms with Gasteiger partial charge in [0, 0.05) is 12.5 Å². The number of hydrogen-bond donors (Lipinski definition) is 2. The molecule has 1 saturated heterocycles. The molecule has 38 heavy (non-hydrogen) atoms. The molecule has 0 radical (unpaired) electrons. The zero-order valence-electron chi connectivity index (χ0n) is 24.5. The van der Waals surface area contributed by atoms with Crippen LogP contribution in [0.15, 0.2) is 60.7 Å². The van der Waals surface area contributed by atoms with Crippen LogP contribution in [0.3, 0.4) is 0 Å². The van der Waals surface area contributed by atoms with Crippen LogP contribution in [-0.2, 0) is 14.0 Å². The third-order valence-corrected chi connectivity index (χ3v) is 19.0. The number of carbonyl (C=O) groups is 2. The van der Waals surface area contributed by atoms with Crippen LogP contribution in [0, 0.1) is 5.92 Å². The Morgan fingerprint density at radius 3 is 1.82 bits per heavy atom. The van der Waals surface area contributed by atoms with Crippen molar-refractivity contribution in [3.8, 4) is 0 Å². The van der Waals surface area contributed by atoms with Gasteiger partial charge in [-0.25, -0.2) is 0 Å². The lowest BCUT2D eigenvalue weighted by Gasteiger charge is -2.60. The van der Waals surface area contributed by atoms with Crippen LogP contribution in [0.5, 0.6) is 0 Å². The van der Waals surface area contributed by atoms with Crippen molar-refractivity contribution in [2.24, 2.45) is 5.92 Å². The molecule has 208 valence electrons. The summed E-state index contributed by atoms with van der Waals surface area (Å²) in [7, 11) is -4.98. The van der Waals surface area contributed by atoms with E-state index in [0.29, 0.717) is 6.61 Å². The number of β-lactam (4-membered cyclic amide) rings is 1. The van der Waals surface area contributed by atoms with Crippen LogP contribution < -0.4 is 15.7 Å². The number of nitrogens with zero attached hydrogens (tertiary/aromatic N) is 1. The van der Waals surface area contributed by atoms with Crippen molar-refractivity contribution in [1.29, 1.82) is 0 Å². The van der Waals surface area contributed by atoms with Crippen molar-refractivity contribution in [2.75, 3.05) is 13.2 Å². The number of amides is 2. The van der Waals surface area contributed by atoms with Gasteiger partial charge in [0.1, 0.15) is 12.6 Å². The van der Waals surface area contributed by atoms with E-state index in [9.17, 15) is 14.7 Å². The predicted molar refractivity (Wildman–Crippen MR) is 160 cm³/mol. The monoisotopic (exact) mass is 554 g/mol.